The van der Waals surface area contributed by atoms with Gasteiger partial charge in [0.15, 0.2) is 5.79 Å². The minimum absolute atomic E-state index is 0.116. The Morgan fingerprint density at radius 2 is 1.83 bits per heavy atom. The van der Waals surface area contributed by atoms with Crippen LogP contribution in [0.3, 0.4) is 0 Å². The van der Waals surface area contributed by atoms with Crippen LogP contribution in [0.5, 0.6) is 0 Å². The molecule has 18 heavy (non-hydrogen) atoms. The van der Waals surface area contributed by atoms with Crippen molar-refractivity contribution in [1.82, 2.24) is 25.6 Å². The van der Waals surface area contributed by atoms with E-state index >= 15 is 0 Å². The molecule has 2 atom stereocenters. The van der Waals surface area contributed by atoms with E-state index in [1.165, 1.54) is 0 Å². The Morgan fingerprint density at radius 3 is 2.22 bits per heavy atom. The molecule has 0 aromatic heterocycles. The molecule has 2 unspecified atom stereocenters. The zero-order valence-electron chi connectivity index (χ0n) is 13.0. The molecule has 5 heteroatoms. The van der Waals surface area contributed by atoms with Crippen molar-refractivity contribution in [3.05, 3.63) is 0 Å². The van der Waals surface area contributed by atoms with Crippen molar-refractivity contribution in [1.29, 1.82) is 0 Å². The van der Waals surface area contributed by atoms with Gasteiger partial charge in [0.2, 0.25) is 0 Å². The van der Waals surface area contributed by atoms with Gasteiger partial charge in [-0.2, -0.15) is 0 Å². The second-order valence-electron chi connectivity index (χ2n) is 5.04. The zero-order chi connectivity index (χ0) is 13.8. The first-order valence-electron chi connectivity index (χ1n) is 7.20. The van der Waals surface area contributed by atoms with Crippen LogP contribution in [-0.4, -0.2) is 74.1 Å². The number of hydrogen-bond acceptors (Lipinski definition) is 5. The van der Waals surface area contributed by atoms with Crippen LogP contribution in [0.25, 0.3) is 0 Å². The molecule has 0 aliphatic carbocycles. The van der Waals surface area contributed by atoms with Crippen molar-refractivity contribution in [3.63, 3.8) is 0 Å². The minimum atomic E-state index is -0.116. The van der Waals surface area contributed by atoms with Crippen LogP contribution in [0, 0.1) is 0 Å². The van der Waals surface area contributed by atoms with Crippen molar-refractivity contribution in [3.8, 4) is 0 Å². The largest absolute Gasteiger partial charge is 0.313 e. The summed E-state index contributed by atoms with van der Waals surface area (Å²) in [5.74, 6) is -0.116. The molecule has 0 spiro atoms. The Morgan fingerprint density at radius 1 is 1.22 bits per heavy atom. The first-order chi connectivity index (χ1) is 8.58. The molecule has 0 amide bonds. The lowest BCUT2D eigenvalue weighted by Crippen LogP contribution is -2.74. The predicted molar refractivity (Wildman–Crippen MR) is 77.2 cm³/mol. The van der Waals surface area contributed by atoms with Gasteiger partial charge in [-0.25, -0.2) is 10.0 Å². The fourth-order valence-corrected chi connectivity index (χ4v) is 3.25. The molecular weight excluding hydrogens is 226 g/mol. The van der Waals surface area contributed by atoms with Crippen molar-refractivity contribution < 1.29 is 0 Å². The van der Waals surface area contributed by atoms with Gasteiger partial charge < -0.3 is 5.32 Å². The quantitative estimate of drug-likeness (QED) is 0.644. The smallest absolute Gasteiger partial charge is 0.156 e. The fraction of sp³-hybridized carbons (Fsp3) is 1.00. The molecule has 0 aromatic carbocycles. The third kappa shape index (κ3) is 2.56. The number of hydrogen-bond donors (Lipinski definition) is 2. The van der Waals surface area contributed by atoms with E-state index in [-0.39, 0.29) is 5.79 Å². The Hall–Kier alpha value is -0.200. The molecular formula is C13H31N5. The zero-order valence-corrected chi connectivity index (χ0v) is 13.0. The summed E-state index contributed by atoms with van der Waals surface area (Å²) < 4.78 is 0. The summed E-state index contributed by atoms with van der Waals surface area (Å²) in [6.07, 6.45) is 1.16. The van der Waals surface area contributed by atoms with E-state index in [1.54, 1.807) is 0 Å². The van der Waals surface area contributed by atoms with Gasteiger partial charge in [-0.3, -0.25) is 10.2 Å². The highest BCUT2D eigenvalue weighted by Crippen LogP contribution is 2.30. The van der Waals surface area contributed by atoms with E-state index in [4.69, 9.17) is 0 Å². The first-order valence-corrected chi connectivity index (χ1v) is 7.20. The summed E-state index contributed by atoms with van der Waals surface area (Å²) >= 11 is 0. The van der Waals surface area contributed by atoms with Gasteiger partial charge in [0.05, 0.1) is 6.04 Å². The Bertz CT molecular complexity index is 242. The highest BCUT2D eigenvalue weighted by atomic mass is 15.7. The molecule has 1 saturated heterocycles. The van der Waals surface area contributed by atoms with E-state index in [9.17, 15) is 0 Å². The van der Waals surface area contributed by atoms with E-state index in [0.717, 1.165) is 32.6 Å². The maximum absolute atomic E-state index is 3.71. The summed E-state index contributed by atoms with van der Waals surface area (Å²) in [7, 11) is 6.38. The number of nitrogens with one attached hydrogen (secondary N) is 2. The molecule has 0 radical (unpaired) electrons. The second kappa shape index (κ2) is 6.82. The monoisotopic (exact) mass is 257 g/mol. The van der Waals surface area contributed by atoms with Gasteiger partial charge in [0.1, 0.15) is 0 Å². The number of rotatable bonds is 7. The molecule has 1 heterocycles. The summed E-state index contributed by atoms with van der Waals surface area (Å²) in [6, 6.07) is 0.438. The highest BCUT2D eigenvalue weighted by Gasteiger charge is 2.51. The lowest BCUT2D eigenvalue weighted by molar-refractivity contribution is -0.161. The lowest BCUT2D eigenvalue weighted by atomic mass is 10.1. The second-order valence-corrected chi connectivity index (χ2v) is 5.04. The third-order valence-corrected chi connectivity index (χ3v) is 4.05. The van der Waals surface area contributed by atoms with Gasteiger partial charge in [0.25, 0.3) is 0 Å². The van der Waals surface area contributed by atoms with Gasteiger partial charge in [0, 0.05) is 19.6 Å². The van der Waals surface area contributed by atoms with E-state index in [1.807, 2.05) is 0 Å². The molecule has 2 N–H and O–H groups in total. The number of nitrogens with zero attached hydrogens (tertiary/aromatic N) is 3. The molecule has 1 aliphatic rings. The average Bonchev–Trinajstić information content (AvgIpc) is 2.71. The predicted octanol–water partition coefficient (Wildman–Crippen LogP) is 0.362. The van der Waals surface area contributed by atoms with Crippen molar-refractivity contribution in [2.24, 2.45) is 0 Å². The van der Waals surface area contributed by atoms with E-state index < -0.39 is 0 Å². The average molecular weight is 257 g/mol. The standard InChI is InChI=1S/C13H31N5/c1-7-15-13(16(5)6)12(14-4)10-11-18(13)17(8-2)9-3/h12,14-15H,7-11H2,1-6H3. The summed E-state index contributed by atoms with van der Waals surface area (Å²) in [6.45, 7) is 10.8. The third-order valence-electron chi connectivity index (χ3n) is 4.05. The molecule has 5 nitrogen and oxygen atoms in total. The number of hydrazine groups is 1. The Labute approximate surface area is 112 Å². The van der Waals surface area contributed by atoms with Crippen molar-refractivity contribution >= 4 is 0 Å². The van der Waals surface area contributed by atoms with Crippen LogP contribution < -0.4 is 10.6 Å². The van der Waals surface area contributed by atoms with E-state index in [0.29, 0.717) is 6.04 Å². The van der Waals surface area contributed by atoms with Crippen LogP contribution >= 0.6 is 0 Å². The summed E-state index contributed by atoms with van der Waals surface area (Å²) in [4.78, 5) is 2.31. The van der Waals surface area contributed by atoms with Crippen LogP contribution in [0.15, 0.2) is 0 Å². The SMILES string of the molecule is CCNC1(N(C)C)C(NC)CCN1N(CC)CC. The maximum Gasteiger partial charge on any atom is 0.156 e. The fourth-order valence-electron chi connectivity index (χ4n) is 3.25. The van der Waals surface area contributed by atoms with E-state index in [2.05, 4.69) is 67.5 Å². The maximum atomic E-state index is 3.71. The van der Waals surface area contributed by atoms with Crippen LogP contribution in [0.2, 0.25) is 0 Å². The van der Waals surface area contributed by atoms with Crippen molar-refractivity contribution in [2.45, 2.75) is 39.0 Å². The molecule has 1 fully saturated rings. The van der Waals surface area contributed by atoms with Gasteiger partial charge in [-0.1, -0.05) is 20.8 Å². The number of likely N-dealkylation sites (N-methyl/N-ethyl adjacent to an activating group) is 3. The van der Waals surface area contributed by atoms with Crippen LogP contribution in [-0.2, 0) is 0 Å². The van der Waals surface area contributed by atoms with Gasteiger partial charge in [-0.05, 0) is 34.1 Å². The Kier molecular flexibility index (Phi) is 6.01. The summed E-state index contributed by atoms with van der Waals surface area (Å²) in [5, 5.41) is 12.1. The first kappa shape index (κ1) is 15.9. The molecule has 108 valence electrons. The normalized spacial score (nSPS) is 29.7. The molecule has 1 rings (SSSR count). The van der Waals surface area contributed by atoms with Crippen LogP contribution in [0.4, 0.5) is 0 Å². The van der Waals surface area contributed by atoms with Crippen molar-refractivity contribution in [2.75, 3.05) is 47.3 Å². The lowest BCUT2D eigenvalue weighted by Gasteiger charge is -2.50. The molecule has 1 aliphatic heterocycles. The molecule has 0 bridgehead atoms. The molecule has 0 aromatic rings. The highest BCUT2D eigenvalue weighted by molar-refractivity contribution is 5.00. The van der Waals surface area contributed by atoms with Crippen LogP contribution in [0.1, 0.15) is 27.2 Å². The van der Waals surface area contributed by atoms with Gasteiger partial charge >= 0.3 is 0 Å². The topological polar surface area (TPSA) is 33.8 Å². The van der Waals surface area contributed by atoms with Gasteiger partial charge in [-0.15, -0.1) is 0 Å². The summed E-state index contributed by atoms with van der Waals surface area (Å²) in [5.41, 5.74) is 0. The Balaban J connectivity index is 3.07. The minimum Gasteiger partial charge on any atom is -0.313 e. The molecule has 0 saturated carbocycles.